The van der Waals surface area contributed by atoms with Gasteiger partial charge < -0.3 is 14.6 Å². The molecule has 106 valence electrons. The van der Waals surface area contributed by atoms with E-state index in [0.717, 1.165) is 16.5 Å². The Morgan fingerprint density at radius 3 is 2.43 bits per heavy atom. The topological polar surface area (TPSA) is 51.6 Å². The Bertz CT molecular complexity index is 754. The molecule has 3 aromatic rings. The van der Waals surface area contributed by atoms with Crippen molar-refractivity contribution in [1.82, 2.24) is 4.98 Å². The van der Waals surface area contributed by atoms with Crippen LogP contribution in [0.25, 0.3) is 10.8 Å². The Morgan fingerprint density at radius 2 is 1.71 bits per heavy atom. The molecule has 4 nitrogen and oxygen atoms in total. The van der Waals surface area contributed by atoms with E-state index in [1.165, 1.54) is 0 Å². The average Bonchev–Trinajstić information content (AvgIpc) is 2.55. The van der Waals surface area contributed by atoms with Gasteiger partial charge in [0.2, 0.25) is 5.88 Å². The Balaban J connectivity index is 2.01. The molecule has 0 saturated heterocycles. The first-order chi connectivity index (χ1) is 10.3. The van der Waals surface area contributed by atoms with Gasteiger partial charge in [-0.15, -0.1) is 0 Å². The summed E-state index contributed by atoms with van der Waals surface area (Å²) in [5.74, 6) is 1.93. The van der Waals surface area contributed by atoms with E-state index in [9.17, 15) is 5.11 Å². The van der Waals surface area contributed by atoms with Crippen LogP contribution in [0.3, 0.4) is 0 Å². The number of pyridine rings is 1. The van der Waals surface area contributed by atoms with E-state index in [-0.39, 0.29) is 6.61 Å². The van der Waals surface area contributed by atoms with Crippen molar-refractivity contribution >= 4 is 10.8 Å². The Hall–Kier alpha value is -2.59. The van der Waals surface area contributed by atoms with Crippen LogP contribution in [0.4, 0.5) is 0 Å². The van der Waals surface area contributed by atoms with E-state index in [1.807, 2.05) is 54.6 Å². The molecular weight excluding hydrogens is 266 g/mol. The van der Waals surface area contributed by atoms with Gasteiger partial charge in [0.15, 0.2) is 0 Å². The van der Waals surface area contributed by atoms with Gasteiger partial charge in [-0.1, -0.05) is 18.2 Å². The Morgan fingerprint density at radius 1 is 1.00 bits per heavy atom. The largest absolute Gasteiger partial charge is 0.497 e. The first kappa shape index (κ1) is 13.4. The fourth-order valence-electron chi connectivity index (χ4n) is 2.13. The number of methoxy groups -OCH3 is 1. The van der Waals surface area contributed by atoms with Crippen molar-refractivity contribution in [1.29, 1.82) is 0 Å². The van der Waals surface area contributed by atoms with E-state index in [1.54, 1.807) is 7.11 Å². The second kappa shape index (κ2) is 5.81. The van der Waals surface area contributed by atoms with Gasteiger partial charge in [-0.05, 0) is 41.8 Å². The standard InChI is InChI=1S/C17H15NO3/c1-20-14-6-8-15(9-7-14)21-17-16-5-3-2-4-12(16)10-13(11-19)18-17/h2-10,19H,11H2,1H3. The molecule has 0 radical (unpaired) electrons. The van der Waals surface area contributed by atoms with Crippen molar-refractivity contribution in [3.63, 3.8) is 0 Å². The van der Waals surface area contributed by atoms with Gasteiger partial charge in [-0.3, -0.25) is 0 Å². The predicted molar refractivity (Wildman–Crippen MR) is 80.7 cm³/mol. The molecule has 0 fully saturated rings. The van der Waals surface area contributed by atoms with Gasteiger partial charge in [0.25, 0.3) is 0 Å². The lowest BCUT2D eigenvalue weighted by Gasteiger charge is -2.10. The minimum absolute atomic E-state index is 0.121. The minimum atomic E-state index is -0.121. The Labute approximate surface area is 122 Å². The molecule has 1 heterocycles. The lowest BCUT2D eigenvalue weighted by molar-refractivity contribution is 0.275. The summed E-state index contributed by atoms with van der Waals surface area (Å²) in [5.41, 5.74) is 0.581. The molecule has 3 rings (SSSR count). The number of aliphatic hydroxyl groups is 1. The number of nitrogens with zero attached hydrogens (tertiary/aromatic N) is 1. The van der Waals surface area contributed by atoms with Gasteiger partial charge in [0.05, 0.1) is 19.4 Å². The molecule has 1 N–H and O–H groups in total. The highest BCUT2D eigenvalue weighted by Gasteiger charge is 2.08. The highest BCUT2D eigenvalue weighted by molar-refractivity contribution is 5.87. The second-order valence-corrected chi connectivity index (χ2v) is 4.58. The summed E-state index contributed by atoms with van der Waals surface area (Å²) >= 11 is 0. The van der Waals surface area contributed by atoms with E-state index in [2.05, 4.69) is 4.98 Å². The van der Waals surface area contributed by atoms with Crippen LogP contribution in [-0.2, 0) is 6.61 Å². The quantitative estimate of drug-likeness (QED) is 0.795. The molecule has 0 aliphatic heterocycles. The number of fused-ring (bicyclic) bond motifs is 1. The van der Waals surface area contributed by atoms with Crippen LogP contribution < -0.4 is 9.47 Å². The summed E-state index contributed by atoms with van der Waals surface area (Å²) in [6, 6.07) is 16.9. The fraction of sp³-hybridized carbons (Fsp3) is 0.118. The maximum absolute atomic E-state index is 9.32. The van der Waals surface area contributed by atoms with Gasteiger partial charge in [0.1, 0.15) is 11.5 Å². The predicted octanol–water partition coefficient (Wildman–Crippen LogP) is 3.53. The van der Waals surface area contributed by atoms with Crippen molar-refractivity contribution in [2.24, 2.45) is 0 Å². The van der Waals surface area contributed by atoms with Gasteiger partial charge in [-0.2, -0.15) is 0 Å². The van der Waals surface area contributed by atoms with Gasteiger partial charge in [0, 0.05) is 5.39 Å². The molecule has 2 aromatic carbocycles. The van der Waals surface area contributed by atoms with E-state index < -0.39 is 0 Å². The molecule has 0 aliphatic carbocycles. The smallest absolute Gasteiger partial charge is 0.227 e. The van der Waals surface area contributed by atoms with Crippen molar-refractivity contribution < 1.29 is 14.6 Å². The third-order valence-electron chi connectivity index (χ3n) is 3.19. The second-order valence-electron chi connectivity index (χ2n) is 4.58. The van der Waals surface area contributed by atoms with Crippen LogP contribution in [-0.4, -0.2) is 17.2 Å². The molecule has 1 aromatic heterocycles. The van der Waals surface area contributed by atoms with Crippen LogP contribution in [0.2, 0.25) is 0 Å². The van der Waals surface area contributed by atoms with Gasteiger partial charge in [-0.25, -0.2) is 4.98 Å². The lowest BCUT2D eigenvalue weighted by atomic mass is 10.1. The van der Waals surface area contributed by atoms with E-state index in [4.69, 9.17) is 9.47 Å². The highest BCUT2D eigenvalue weighted by atomic mass is 16.5. The first-order valence-electron chi connectivity index (χ1n) is 6.61. The SMILES string of the molecule is COc1ccc(Oc2nc(CO)cc3ccccc23)cc1. The number of benzene rings is 2. The van der Waals surface area contributed by atoms with Crippen LogP contribution in [0.5, 0.6) is 17.4 Å². The molecule has 0 bridgehead atoms. The number of aromatic nitrogens is 1. The summed E-state index contributed by atoms with van der Waals surface area (Å²) < 4.78 is 11.0. The Kier molecular flexibility index (Phi) is 3.71. The zero-order valence-electron chi connectivity index (χ0n) is 11.6. The summed E-state index contributed by atoms with van der Waals surface area (Å²) in [4.78, 5) is 4.35. The zero-order chi connectivity index (χ0) is 14.7. The number of hydrogen-bond acceptors (Lipinski definition) is 4. The number of ether oxygens (including phenoxy) is 2. The molecule has 0 saturated carbocycles. The van der Waals surface area contributed by atoms with Crippen molar-refractivity contribution in [3.8, 4) is 17.4 Å². The number of hydrogen-bond donors (Lipinski definition) is 1. The average molecular weight is 281 g/mol. The van der Waals surface area contributed by atoms with Crippen molar-refractivity contribution in [2.75, 3.05) is 7.11 Å². The van der Waals surface area contributed by atoms with Crippen LogP contribution in [0, 0.1) is 0 Å². The molecule has 21 heavy (non-hydrogen) atoms. The highest BCUT2D eigenvalue weighted by Crippen LogP contribution is 2.29. The summed E-state index contributed by atoms with van der Waals surface area (Å²) in [5, 5.41) is 11.2. The lowest BCUT2D eigenvalue weighted by Crippen LogP contribution is -1.95. The summed E-state index contributed by atoms with van der Waals surface area (Å²) in [6.07, 6.45) is 0. The van der Waals surface area contributed by atoms with Crippen LogP contribution in [0.1, 0.15) is 5.69 Å². The maximum Gasteiger partial charge on any atom is 0.227 e. The summed E-state index contributed by atoms with van der Waals surface area (Å²) in [7, 11) is 1.62. The first-order valence-corrected chi connectivity index (χ1v) is 6.61. The normalized spacial score (nSPS) is 10.6. The van der Waals surface area contributed by atoms with E-state index in [0.29, 0.717) is 17.3 Å². The molecular formula is C17H15NO3. The van der Waals surface area contributed by atoms with Crippen LogP contribution >= 0.6 is 0 Å². The number of rotatable bonds is 4. The molecule has 0 aliphatic rings. The van der Waals surface area contributed by atoms with Gasteiger partial charge >= 0.3 is 0 Å². The van der Waals surface area contributed by atoms with Crippen LogP contribution in [0.15, 0.2) is 54.6 Å². The maximum atomic E-state index is 9.32. The third-order valence-corrected chi connectivity index (χ3v) is 3.19. The third kappa shape index (κ3) is 2.80. The fourth-order valence-corrected chi connectivity index (χ4v) is 2.13. The molecule has 0 amide bonds. The molecule has 0 spiro atoms. The summed E-state index contributed by atoms with van der Waals surface area (Å²) in [6.45, 7) is -0.121. The molecule has 0 unspecified atom stereocenters. The van der Waals surface area contributed by atoms with Crippen molar-refractivity contribution in [2.45, 2.75) is 6.61 Å². The van der Waals surface area contributed by atoms with E-state index >= 15 is 0 Å². The zero-order valence-corrected chi connectivity index (χ0v) is 11.6. The minimum Gasteiger partial charge on any atom is -0.497 e. The molecule has 0 atom stereocenters. The monoisotopic (exact) mass is 281 g/mol. The molecule has 4 heteroatoms. The number of aliphatic hydroxyl groups excluding tert-OH is 1. The van der Waals surface area contributed by atoms with Crippen molar-refractivity contribution in [3.05, 3.63) is 60.3 Å².